The van der Waals surface area contributed by atoms with Gasteiger partial charge in [0.1, 0.15) is 0 Å². The fourth-order valence-electron chi connectivity index (χ4n) is 1.57. The van der Waals surface area contributed by atoms with Crippen LogP contribution in [0.2, 0.25) is 0 Å². The predicted octanol–water partition coefficient (Wildman–Crippen LogP) is 2.19. The Morgan fingerprint density at radius 2 is 1.89 bits per heavy atom. The first kappa shape index (κ1) is 16.9. The second kappa shape index (κ2) is 9.92. The molecular weight excluding hydrogens is 228 g/mol. The quantitative estimate of drug-likeness (QED) is 0.643. The molecule has 4 heteroatoms. The molecule has 0 radical (unpaired) electrons. The Bertz CT molecular complexity index is 252. The highest BCUT2D eigenvalue weighted by Gasteiger charge is 2.11. The molecule has 0 aromatic carbocycles. The van der Waals surface area contributed by atoms with Crippen LogP contribution < -0.4 is 5.32 Å². The van der Waals surface area contributed by atoms with Crippen molar-refractivity contribution < 1.29 is 9.59 Å². The topological polar surface area (TPSA) is 49.4 Å². The Kier molecular flexibility index (Phi) is 9.33. The monoisotopic (exact) mass is 256 g/mol. The number of rotatable bonds is 9. The molecule has 0 saturated heterocycles. The third-order valence-electron chi connectivity index (χ3n) is 2.88. The summed E-state index contributed by atoms with van der Waals surface area (Å²) in [6.07, 6.45) is 3.47. The van der Waals surface area contributed by atoms with E-state index in [-0.39, 0.29) is 11.8 Å². The summed E-state index contributed by atoms with van der Waals surface area (Å²) in [4.78, 5) is 24.7. The average Bonchev–Trinajstić information content (AvgIpc) is 2.28. The van der Waals surface area contributed by atoms with Gasteiger partial charge in [-0.2, -0.15) is 0 Å². The number of unbranched alkanes of at least 4 members (excludes halogenated alkanes) is 1. The highest BCUT2D eigenvalue weighted by molar-refractivity contribution is 5.77. The van der Waals surface area contributed by atoms with Crippen LogP contribution in [0.5, 0.6) is 0 Å². The molecule has 4 nitrogen and oxygen atoms in total. The molecule has 0 aliphatic heterocycles. The van der Waals surface area contributed by atoms with E-state index in [2.05, 4.69) is 26.1 Å². The minimum Gasteiger partial charge on any atom is -0.356 e. The predicted molar refractivity (Wildman–Crippen MR) is 74.2 cm³/mol. The summed E-state index contributed by atoms with van der Waals surface area (Å²) in [7, 11) is 0. The van der Waals surface area contributed by atoms with Gasteiger partial charge in [-0.15, -0.1) is 0 Å². The van der Waals surface area contributed by atoms with Crippen LogP contribution in [0.3, 0.4) is 0 Å². The Labute approximate surface area is 111 Å². The van der Waals surface area contributed by atoms with Gasteiger partial charge in [0, 0.05) is 33.0 Å². The molecule has 1 N–H and O–H groups in total. The summed E-state index contributed by atoms with van der Waals surface area (Å²) in [5.74, 6) is 0.668. The molecule has 2 amide bonds. The van der Waals surface area contributed by atoms with Crippen molar-refractivity contribution in [1.29, 1.82) is 0 Å². The fraction of sp³-hybridized carbons (Fsp3) is 0.857. The van der Waals surface area contributed by atoms with Crippen LogP contribution in [0.1, 0.15) is 53.4 Å². The van der Waals surface area contributed by atoms with Crippen LogP contribution in [-0.4, -0.2) is 36.3 Å². The third-order valence-corrected chi connectivity index (χ3v) is 2.88. The lowest BCUT2D eigenvalue weighted by Gasteiger charge is -2.21. The lowest BCUT2D eigenvalue weighted by atomic mass is 10.1. The lowest BCUT2D eigenvalue weighted by Crippen LogP contribution is -2.35. The highest BCUT2D eigenvalue weighted by atomic mass is 16.2. The molecule has 0 aromatic heterocycles. The van der Waals surface area contributed by atoms with Gasteiger partial charge in [-0.25, -0.2) is 0 Å². The lowest BCUT2D eigenvalue weighted by molar-refractivity contribution is -0.129. The van der Waals surface area contributed by atoms with E-state index in [0.717, 1.165) is 32.4 Å². The van der Waals surface area contributed by atoms with E-state index in [1.807, 2.05) is 0 Å². The van der Waals surface area contributed by atoms with Gasteiger partial charge in [-0.05, 0) is 18.8 Å². The molecule has 0 saturated carbocycles. The Morgan fingerprint density at radius 3 is 2.39 bits per heavy atom. The number of carbonyl (C=O) groups is 2. The van der Waals surface area contributed by atoms with Crippen molar-refractivity contribution in [3.05, 3.63) is 0 Å². The van der Waals surface area contributed by atoms with Crippen molar-refractivity contribution >= 4 is 11.8 Å². The van der Waals surface area contributed by atoms with Gasteiger partial charge in [-0.3, -0.25) is 9.59 Å². The van der Waals surface area contributed by atoms with Crippen molar-refractivity contribution in [2.75, 3.05) is 19.6 Å². The summed E-state index contributed by atoms with van der Waals surface area (Å²) in [5.41, 5.74) is 0. The standard InChI is InChI=1S/C14H28N2O2/c1-5-6-9-15-14(18)8-11-16(13(4)17)10-7-12(2)3/h12H,5-11H2,1-4H3,(H,15,18). The molecule has 18 heavy (non-hydrogen) atoms. The molecule has 0 unspecified atom stereocenters. The molecular formula is C14H28N2O2. The van der Waals surface area contributed by atoms with E-state index in [4.69, 9.17) is 0 Å². The first-order valence-corrected chi connectivity index (χ1v) is 6.99. The SMILES string of the molecule is CCCCNC(=O)CCN(CCC(C)C)C(C)=O. The summed E-state index contributed by atoms with van der Waals surface area (Å²) < 4.78 is 0. The van der Waals surface area contributed by atoms with Crippen molar-refractivity contribution in [2.24, 2.45) is 5.92 Å². The maximum atomic E-state index is 11.5. The van der Waals surface area contributed by atoms with Gasteiger partial charge in [0.15, 0.2) is 0 Å². The molecule has 0 aliphatic rings. The number of hydrogen-bond acceptors (Lipinski definition) is 2. The molecule has 0 fully saturated rings. The van der Waals surface area contributed by atoms with Gasteiger partial charge in [0.2, 0.25) is 11.8 Å². The number of nitrogens with one attached hydrogen (secondary N) is 1. The summed E-state index contributed by atoms with van der Waals surface area (Å²) in [5, 5.41) is 2.87. The van der Waals surface area contributed by atoms with Crippen LogP contribution in [0.4, 0.5) is 0 Å². The summed E-state index contributed by atoms with van der Waals surface area (Å²) >= 11 is 0. The van der Waals surface area contributed by atoms with E-state index >= 15 is 0 Å². The third kappa shape index (κ3) is 9.02. The minimum atomic E-state index is 0.0410. The van der Waals surface area contributed by atoms with E-state index in [1.54, 1.807) is 11.8 Å². The molecule has 0 bridgehead atoms. The second-order valence-electron chi connectivity index (χ2n) is 5.14. The zero-order valence-electron chi connectivity index (χ0n) is 12.3. The van der Waals surface area contributed by atoms with Gasteiger partial charge in [-0.1, -0.05) is 27.2 Å². The maximum Gasteiger partial charge on any atom is 0.221 e. The second-order valence-corrected chi connectivity index (χ2v) is 5.14. The highest BCUT2D eigenvalue weighted by Crippen LogP contribution is 2.03. The first-order valence-electron chi connectivity index (χ1n) is 6.99. The van der Waals surface area contributed by atoms with Crippen LogP contribution in [0, 0.1) is 5.92 Å². The molecule has 0 rings (SSSR count). The van der Waals surface area contributed by atoms with Crippen LogP contribution in [0.15, 0.2) is 0 Å². The smallest absolute Gasteiger partial charge is 0.221 e. The number of nitrogens with zero attached hydrogens (tertiary/aromatic N) is 1. The zero-order chi connectivity index (χ0) is 14.0. The Morgan fingerprint density at radius 1 is 1.22 bits per heavy atom. The molecule has 0 heterocycles. The van der Waals surface area contributed by atoms with E-state index < -0.39 is 0 Å². The van der Waals surface area contributed by atoms with Crippen LogP contribution >= 0.6 is 0 Å². The molecule has 106 valence electrons. The van der Waals surface area contributed by atoms with E-state index in [9.17, 15) is 9.59 Å². The van der Waals surface area contributed by atoms with Crippen molar-refractivity contribution in [3.63, 3.8) is 0 Å². The van der Waals surface area contributed by atoms with E-state index in [0.29, 0.717) is 18.9 Å². The summed E-state index contributed by atoms with van der Waals surface area (Å²) in [6.45, 7) is 9.94. The Hall–Kier alpha value is -1.06. The fourth-order valence-corrected chi connectivity index (χ4v) is 1.57. The van der Waals surface area contributed by atoms with Gasteiger partial charge >= 0.3 is 0 Å². The number of amides is 2. The maximum absolute atomic E-state index is 11.5. The average molecular weight is 256 g/mol. The largest absolute Gasteiger partial charge is 0.356 e. The van der Waals surface area contributed by atoms with Crippen LogP contribution in [-0.2, 0) is 9.59 Å². The first-order chi connectivity index (χ1) is 8.47. The normalized spacial score (nSPS) is 10.5. The minimum absolute atomic E-state index is 0.0410. The summed E-state index contributed by atoms with van der Waals surface area (Å²) in [6, 6.07) is 0. The molecule has 0 atom stereocenters. The van der Waals surface area contributed by atoms with E-state index in [1.165, 1.54) is 0 Å². The van der Waals surface area contributed by atoms with Crippen LogP contribution in [0.25, 0.3) is 0 Å². The van der Waals surface area contributed by atoms with Crippen molar-refractivity contribution in [3.8, 4) is 0 Å². The van der Waals surface area contributed by atoms with Crippen molar-refractivity contribution in [2.45, 2.75) is 53.4 Å². The molecule has 0 aromatic rings. The van der Waals surface area contributed by atoms with Crippen molar-refractivity contribution in [1.82, 2.24) is 10.2 Å². The number of carbonyl (C=O) groups excluding carboxylic acids is 2. The number of hydrogen-bond donors (Lipinski definition) is 1. The molecule has 0 aliphatic carbocycles. The van der Waals surface area contributed by atoms with Gasteiger partial charge < -0.3 is 10.2 Å². The Balaban J connectivity index is 3.88. The van der Waals surface area contributed by atoms with Gasteiger partial charge in [0.05, 0.1) is 0 Å². The molecule has 0 spiro atoms. The zero-order valence-corrected chi connectivity index (χ0v) is 12.3. The van der Waals surface area contributed by atoms with Gasteiger partial charge in [0.25, 0.3) is 0 Å².